The van der Waals surface area contributed by atoms with E-state index in [0.717, 1.165) is 25.9 Å². The maximum Gasteiger partial charge on any atom is 0.225 e. The summed E-state index contributed by atoms with van der Waals surface area (Å²) >= 11 is 0. The smallest absolute Gasteiger partial charge is 0.225 e. The molecule has 0 radical (unpaired) electrons. The monoisotopic (exact) mass is 300 g/mol. The highest BCUT2D eigenvalue weighted by atomic mass is 16.5. The molecule has 1 amide bonds. The third-order valence-corrected chi connectivity index (χ3v) is 5.72. The van der Waals surface area contributed by atoms with Crippen LogP contribution in [0.25, 0.3) is 0 Å². The van der Waals surface area contributed by atoms with Crippen LogP contribution >= 0.6 is 0 Å². The van der Waals surface area contributed by atoms with Gasteiger partial charge in [-0.1, -0.05) is 24.3 Å². The summed E-state index contributed by atoms with van der Waals surface area (Å²) in [5.41, 5.74) is 8.69. The summed E-state index contributed by atoms with van der Waals surface area (Å²) in [7, 11) is 0. The van der Waals surface area contributed by atoms with Gasteiger partial charge in [0, 0.05) is 19.1 Å². The molecule has 0 bridgehead atoms. The van der Waals surface area contributed by atoms with Gasteiger partial charge in [-0.25, -0.2) is 0 Å². The molecule has 2 N–H and O–H groups in total. The van der Waals surface area contributed by atoms with Crippen LogP contribution < -0.4 is 5.73 Å². The van der Waals surface area contributed by atoms with Crippen molar-refractivity contribution in [2.24, 2.45) is 17.6 Å². The van der Waals surface area contributed by atoms with Crippen LogP contribution in [0.1, 0.15) is 36.5 Å². The second-order valence-corrected chi connectivity index (χ2v) is 6.98. The van der Waals surface area contributed by atoms with Crippen molar-refractivity contribution in [2.45, 2.75) is 37.8 Å². The number of nitrogens with two attached hydrogens (primary N) is 1. The van der Waals surface area contributed by atoms with E-state index in [4.69, 9.17) is 10.5 Å². The lowest BCUT2D eigenvalue weighted by molar-refractivity contribution is -0.134. The van der Waals surface area contributed by atoms with Gasteiger partial charge < -0.3 is 15.4 Å². The number of hydrogen-bond acceptors (Lipinski definition) is 3. The predicted octanol–water partition coefficient (Wildman–Crippen LogP) is 1.89. The topological polar surface area (TPSA) is 55.6 Å². The molecule has 1 saturated heterocycles. The first-order chi connectivity index (χ1) is 10.7. The molecule has 22 heavy (non-hydrogen) atoms. The number of fused-ring (bicyclic) bond motifs is 2. The largest absolute Gasteiger partial charge is 0.373 e. The molecular weight excluding hydrogens is 276 g/mol. The van der Waals surface area contributed by atoms with E-state index in [2.05, 4.69) is 18.2 Å². The normalized spacial score (nSPS) is 33.6. The van der Waals surface area contributed by atoms with Crippen LogP contribution in [0.15, 0.2) is 24.3 Å². The van der Waals surface area contributed by atoms with E-state index in [9.17, 15) is 4.79 Å². The number of benzene rings is 1. The fourth-order valence-electron chi connectivity index (χ4n) is 4.44. The Morgan fingerprint density at radius 2 is 2.14 bits per heavy atom. The molecule has 0 spiro atoms. The van der Waals surface area contributed by atoms with Gasteiger partial charge in [0.05, 0.1) is 19.1 Å². The van der Waals surface area contributed by atoms with Gasteiger partial charge in [0.1, 0.15) is 0 Å². The maximum absolute atomic E-state index is 12.7. The van der Waals surface area contributed by atoms with Crippen molar-refractivity contribution in [3.63, 3.8) is 0 Å². The van der Waals surface area contributed by atoms with Gasteiger partial charge in [0.25, 0.3) is 0 Å². The van der Waals surface area contributed by atoms with Gasteiger partial charge in [-0.05, 0) is 42.2 Å². The number of hydrogen-bond donors (Lipinski definition) is 1. The summed E-state index contributed by atoms with van der Waals surface area (Å²) in [4.78, 5) is 14.7. The molecule has 1 aromatic rings. The number of amides is 1. The predicted molar refractivity (Wildman–Crippen MR) is 84.2 cm³/mol. The lowest BCUT2D eigenvalue weighted by Gasteiger charge is -2.27. The molecule has 0 aromatic heterocycles. The van der Waals surface area contributed by atoms with Gasteiger partial charge >= 0.3 is 0 Å². The lowest BCUT2D eigenvalue weighted by atomic mass is 9.95. The highest BCUT2D eigenvalue weighted by Gasteiger charge is 2.42. The summed E-state index contributed by atoms with van der Waals surface area (Å²) in [6.07, 6.45) is 3.64. The van der Waals surface area contributed by atoms with Gasteiger partial charge in [-0.2, -0.15) is 0 Å². The van der Waals surface area contributed by atoms with Crippen LogP contribution in [0, 0.1) is 11.8 Å². The Bertz CT molecular complexity index is 574. The fourth-order valence-corrected chi connectivity index (χ4v) is 4.44. The number of nitrogens with zero attached hydrogens (tertiary/aromatic N) is 1. The summed E-state index contributed by atoms with van der Waals surface area (Å²) < 4.78 is 5.88. The first-order valence-electron chi connectivity index (χ1n) is 8.45. The maximum atomic E-state index is 12.7. The molecule has 1 aliphatic carbocycles. The van der Waals surface area contributed by atoms with Gasteiger partial charge in [-0.3, -0.25) is 4.79 Å². The third-order valence-electron chi connectivity index (χ3n) is 5.72. The number of ether oxygens (including phenoxy) is 1. The van der Waals surface area contributed by atoms with Crippen molar-refractivity contribution in [1.29, 1.82) is 0 Å². The fraction of sp³-hybridized carbons (Fsp3) is 0.611. The van der Waals surface area contributed by atoms with Crippen LogP contribution in [-0.2, 0) is 16.0 Å². The Kier molecular flexibility index (Phi) is 3.66. The highest BCUT2D eigenvalue weighted by Crippen LogP contribution is 2.38. The molecule has 2 aliphatic heterocycles. The zero-order valence-corrected chi connectivity index (χ0v) is 12.9. The molecule has 1 saturated carbocycles. The molecule has 2 heterocycles. The first kappa shape index (κ1) is 14.2. The zero-order valence-electron chi connectivity index (χ0n) is 12.9. The Hall–Kier alpha value is -1.39. The van der Waals surface area contributed by atoms with Gasteiger partial charge in [0.15, 0.2) is 0 Å². The molecule has 3 aliphatic rings. The minimum atomic E-state index is -0.0773. The van der Waals surface area contributed by atoms with Crippen LogP contribution in [0.4, 0.5) is 0 Å². The van der Waals surface area contributed by atoms with E-state index in [1.807, 2.05) is 11.0 Å². The number of carbonyl (C=O) groups excluding carboxylic acids is 1. The van der Waals surface area contributed by atoms with Crippen molar-refractivity contribution in [2.75, 3.05) is 19.7 Å². The zero-order chi connectivity index (χ0) is 15.1. The standard InChI is InChI=1S/C18H24N2O2/c19-16-6-5-13-10-20(11-15(13)16)18(21)9-17-14-4-2-1-3-12(14)7-8-22-17/h1-4,13,15-17H,5-11,19H2. The summed E-state index contributed by atoms with van der Waals surface area (Å²) in [6.45, 7) is 2.45. The number of carbonyl (C=O) groups is 1. The van der Waals surface area contributed by atoms with Crippen LogP contribution in [0.2, 0.25) is 0 Å². The molecule has 4 atom stereocenters. The number of rotatable bonds is 2. The molecule has 4 rings (SSSR count). The molecule has 4 unspecified atom stereocenters. The minimum Gasteiger partial charge on any atom is -0.373 e. The van der Waals surface area contributed by atoms with Crippen molar-refractivity contribution in [1.82, 2.24) is 4.90 Å². The highest BCUT2D eigenvalue weighted by molar-refractivity contribution is 5.77. The first-order valence-corrected chi connectivity index (χ1v) is 8.45. The Labute approximate surface area is 131 Å². The molecule has 1 aromatic carbocycles. The van der Waals surface area contributed by atoms with Crippen LogP contribution in [0.3, 0.4) is 0 Å². The van der Waals surface area contributed by atoms with E-state index in [1.54, 1.807) is 0 Å². The second-order valence-electron chi connectivity index (χ2n) is 6.98. The summed E-state index contributed by atoms with van der Waals surface area (Å²) in [5, 5.41) is 0. The van der Waals surface area contributed by atoms with E-state index < -0.39 is 0 Å². The summed E-state index contributed by atoms with van der Waals surface area (Å²) in [6, 6.07) is 8.63. The van der Waals surface area contributed by atoms with Crippen molar-refractivity contribution < 1.29 is 9.53 Å². The van der Waals surface area contributed by atoms with Gasteiger partial charge in [-0.15, -0.1) is 0 Å². The van der Waals surface area contributed by atoms with Crippen LogP contribution in [-0.4, -0.2) is 36.5 Å². The molecular formula is C18H24N2O2. The van der Waals surface area contributed by atoms with Crippen molar-refractivity contribution >= 4 is 5.91 Å². The Morgan fingerprint density at radius 1 is 1.27 bits per heavy atom. The van der Waals surface area contributed by atoms with Gasteiger partial charge in [0.2, 0.25) is 5.91 Å². The second kappa shape index (κ2) is 5.67. The van der Waals surface area contributed by atoms with E-state index in [-0.39, 0.29) is 18.1 Å². The molecule has 4 nitrogen and oxygen atoms in total. The Morgan fingerprint density at radius 3 is 3.00 bits per heavy atom. The number of likely N-dealkylation sites (tertiary alicyclic amines) is 1. The molecule has 118 valence electrons. The molecule has 2 fully saturated rings. The van der Waals surface area contributed by atoms with E-state index >= 15 is 0 Å². The third kappa shape index (κ3) is 2.44. The SMILES string of the molecule is NC1CCC2CN(C(=O)CC3OCCc4ccccc43)CC12. The van der Waals surface area contributed by atoms with Crippen molar-refractivity contribution in [3.05, 3.63) is 35.4 Å². The summed E-state index contributed by atoms with van der Waals surface area (Å²) in [5.74, 6) is 1.37. The average molecular weight is 300 g/mol. The quantitative estimate of drug-likeness (QED) is 0.907. The van der Waals surface area contributed by atoms with Crippen molar-refractivity contribution in [3.8, 4) is 0 Å². The minimum absolute atomic E-state index is 0.0773. The van der Waals surface area contributed by atoms with E-state index in [1.165, 1.54) is 17.5 Å². The average Bonchev–Trinajstić information content (AvgIpc) is 3.10. The molecule has 4 heteroatoms. The lowest BCUT2D eigenvalue weighted by Crippen LogP contribution is -2.34. The van der Waals surface area contributed by atoms with E-state index in [0.29, 0.717) is 24.9 Å². The Balaban J connectivity index is 1.43. The van der Waals surface area contributed by atoms with Crippen LogP contribution in [0.5, 0.6) is 0 Å².